The molecule has 0 amide bonds. The van der Waals surface area contributed by atoms with Crippen molar-refractivity contribution in [2.75, 3.05) is 18.1 Å². The van der Waals surface area contributed by atoms with Crippen LogP contribution in [0, 0.1) is 5.92 Å². The number of hydrogen-bond donors (Lipinski definition) is 1. The van der Waals surface area contributed by atoms with E-state index in [1.54, 1.807) is 6.07 Å². The lowest BCUT2D eigenvalue weighted by atomic mass is 9.81. The number of hydrogen-bond acceptors (Lipinski definition) is 4. The third kappa shape index (κ3) is 2.31. The van der Waals surface area contributed by atoms with E-state index < -0.39 is 6.10 Å². The second kappa shape index (κ2) is 5.08. The molecule has 3 nitrogen and oxygen atoms in total. The van der Waals surface area contributed by atoms with Crippen LogP contribution in [0.1, 0.15) is 30.9 Å². The minimum atomic E-state index is -0.539. The van der Waals surface area contributed by atoms with Crippen LogP contribution in [0.3, 0.4) is 0 Å². The van der Waals surface area contributed by atoms with E-state index in [0.29, 0.717) is 10.8 Å². The summed E-state index contributed by atoms with van der Waals surface area (Å²) in [5.74, 6) is 2.43. The summed E-state index contributed by atoms with van der Waals surface area (Å²) in [7, 11) is 0. The number of furan rings is 1. The van der Waals surface area contributed by atoms with Gasteiger partial charge in [0, 0.05) is 17.9 Å². The molecule has 1 aromatic rings. The van der Waals surface area contributed by atoms with Crippen molar-refractivity contribution in [2.24, 2.45) is 5.92 Å². The molecule has 1 spiro atoms. The number of thioether (sulfide) groups is 1. The quantitative estimate of drug-likeness (QED) is 0.907. The van der Waals surface area contributed by atoms with Crippen LogP contribution in [0.5, 0.6) is 0 Å². The molecule has 2 saturated heterocycles. The Bertz CT molecular complexity index is 414. The van der Waals surface area contributed by atoms with Crippen molar-refractivity contribution in [3.05, 3.63) is 23.1 Å². The Morgan fingerprint density at radius 2 is 2.44 bits per heavy atom. The van der Waals surface area contributed by atoms with Crippen molar-refractivity contribution in [1.82, 2.24) is 0 Å². The fourth-order valence-electron chi connectivity index (χ4n) is 2.97. The third-order valence-electron chi connectivity index (χ3n) is 4.01. The molecule has 5 heteroatoms. The first kappa shape index (κ1) is 12.9. The van der Waals surface area contributed by atoms with Gasteiger partial charge in [-0.15, -0.1) is 0 Å². The number of ether oxygens (including phenoxy) is 1. The van der Waals surface area contributed by atoms with Crippen LogP contribution >= 0.6 is 23.4 Å². The maximum atomic E-state index is 10.5. The summed E-state index contributed by atoms with van der Waals surface area (Å²) in [6, 6.07) is 1.76. The molecule has 18 heavy (non-hydrogen) atoms. The molecule has 3 unspecified atom stereocenters. The van der Waals surface area contributed by atoms with Gasteiger partial charge in [-0.05, 0) is 48.6 Å². The van der Waals surface area contributed by atoms with Gasteiger partial charge in [0.1, 0.15) is 0 Å². The van der Waals surface area contributed by atoms with Gasteiger partial charge < -0.3 is 14.3 Å². The van der Waals surface area contributed by atoms with Crippen LogP contribution in [-0.4, -0.2) is 28.8 Å². The average Bonchev–Trinajstić information content (AvgIpc) is 2.98. The molecule has 3 rings (SSSR count). The van der Waals surface area contributed by atoms with Crippen molar-refractivity contribution < 1.29 is 14.3 Å². The van der Waals surface area contributed by atoms with E-state index in [2.05, 4.69) is 0 Å². The molecule has 2 aliphatic heterocycles. The lowest BCUT2D eigenvalue weighted by Gasteiger charge is -2.39. The SMILES string of the molecule is OC(c1ccoc1Cl)C1CCOC2(CCSC2)C1. The summed E-state index contributed by atoms with van der Waals surface area (Å²) in [6.45, 7) is 0.734. The lowest BCUT2D eigenvalue weighted by molar-refractivity contribution is -0.102. The van der Waals surface area contributed by atoms with Gasteiger partial charge in [-0.3, -0.25) is 0 Å². The van der Waals surface area contributed by atoms with Gasteiger partial charge in [0.2, 0.25) is 0 Å². The van der Waals surface area contributed by atoms with E-state index in [4.69, 9.17) is 20.8 Å². The molecule has 0 saturated carbocycles. The molecule has 2 fully saturated rings. The van der Waals surface area contributed by atoms with Crippen molar-refractivity contribution in [3.8, 4) is 0 Å². The zero-order valence-electron chi connectivity index (χ0n) is 10.1. The molecule has 3 atom stereocenters. The molecule has 3 heterocycles. The van der Waals surface area contributed by atoms with E-state index in [0.717, 1.165) is 37.4 Å². The fraction of sp³-hybridized carbons (Fsp3) is 0.692. The number of aliphatic hydroxyl groups is 1. The summed E-state index contributed by atoms with van der Waals surface area (Å²) >= 11 is 7.89. The normalized spacial score (nSPS) is 34.0. The lowest BCUT2D eigenvalue weighted by Crippen LogP contribution is -2.41. The molecule has 100 valence electrons. The first-order valence-corrected chi connectivity index (χ1v) is 7.86. The summed E-state index contributed by atoms with van der Waals surface area (Å²) in [4.78, 5) is 0. The van der Waals surface area contributed by atoms with Gasteiger partial charge in [-0.2, -0.15) is 11.8 Å². The first-order chi connectivity index (χ1) is 8.70. The molecule has 0 aliphatic carbocycles. The van der Waals surface area contributed by atoms with Gasteiger partial charge in [-0.25, -0.2) is 0 Å². The Labute approximate surface area is 116 Å². The van der Waals surface area contributed by atoms with E-state index in [1.165, 1.54) is 6.26 Å². The first-order valence-electron chi connectivity index (χ1n) is 6.33. The molecular formula is C13H17ClO3S. The summed E-state index contributed by atoms with van der Waals surface area (Å²) < 4.78 is 11.0. The van der Waals surface area contributed by atoms with E-state index in [-0.39, 0.29) is 11.5 Å². The number of aliphatic hydroxyl groups excluding tert-OH is 1. The topological polar surface area (TPSA) is 42.6 Å². The van der Waals surface area contributed by atoms with Crippen molar-refractivity contribution in [2.45, 2.75) is 31.0 Å². The summed E-state index contributed by atoms with van der Waals surface area (Å²) in [5, 5.41) is 10.8. The van der Waals surface area contributed by atoms with Crippen LogP contribution in [0.2, 0.25) is 5.22 Å². The van der Waals surface area contributed by atoms with Crippen molar-refractivity contribution in [1.29, 1.82) is 0 Å². The Kier molecular flexibility index (Phi) is 3.63. The van der Waals surface area contributed by atoms with Gasteiger partial charge >= 0.3 is 0 Å². The highest BCUT2D eigenvalue weighted by molar-refractivity contribution is 7.99. The standard InChI is InChI=1S/C13H17ClO3S/c14-12-10(2-4-16-12)11(15)9-1-5-17-13(7-9)3-6-18-8-13/h2,4,9,11,15H,1,3,5-8H2. The minimum Gasteiger partial charge on any atom is -0.453 e. The largest absolute Gasteiger partial charge is 0.453 e. The molecule has 2 aliphatic rings. The minimum absolute atomic E-state index is 0.00915. The number of rotatable bonds is 2. The highest BCUT2D eigenvalue weighted by Crippen LogP contribution is 2.44. The van der Waals surface area contributed by atoms with Gasteiger partial charge in [0.25, 0.3) is 0 Å². The zero-order chi connectivity index (χ0) is 12.6. The predicted molar refractivity (Wildman–Crippen MR) is 72.0 cm³/mol. The number of halogens is 1. The Balaban J connectivity index is 1.74. The average molecular weight is 289 g/mol. The van der Waals surface area contributed by atoms with Crippen molar-refractivity contribution in [3.63, 3.8) is 0 Å². The van der Waals surface area contributed by atoms with E-state index in [1.807, 2.05) is 11.8 Å². The van der Waals surface area contributed by atoms with Crippen LogP contribution in [-0.2, 0) is 4.74 Å². The maximum Gasteiger partial charge on any atom is 0.198 e. The smallest absolute Gasteiger partial charge is 0.198 e. The molecule has 0 radical (unpaired) electrons. The molecule has 1 aromatic heterocycles. The highest BCUT2D eigenvalue weighted by atomic mass is 35.5. The molecule has 0 bridgehead atoms. The third-order valence-corrected chi connectivity index (χ3v) is 5.54. The van der Waals surface area contributed by atoms with Gasteiger partial charge in [-0.1, -0.05) is 0 Å². The summed E-state index contributed by atoms with van der Waals surface area (Å²) in [6.07, 6.45) is 3.89. The maximum absolute atomic E-state index is 10.5. The summed E-state index contributed by atoms with van der Waals surface area (Å²) in [5.41, 5.74) is 0.703. The molecular weight excluding hydrogens is 272 g/mol. The second-order valence-corrected chi connectivity index (χ2v) is 6.63. The van der Waals surface area contributed by atoms with Crippen LogP contribution in [0.4, 0.5) is 0 Å². The molecule has 1 N–H and O–H groups in total. The van der Waals surface area contributed by atoms with Gasteiger partial charge in [0.05, 0.1) is 18.0 Å². The van der Waals surface area contributed by atoms with Crippen molar-refractivity contribution >= 4 is 23.4 Å². The second-order valence-electron chi connectivity index (χ2n) is 5.18. The predicted octanol–water partition coefficient (Wildman–Crippen LogP) is 3.27. The fourth-order valence-corrected chi connectivity index (χ4v) is 4.57. The van der Waals surface area contributed by atoms with E-state index >= 15 is 0 Å². The molecule has 0 aromatic carbocycles. The Morgan fingerprint density at radius 1 is 1.56 bits per heavy atom. The van der Waals surface area contributed by atoms with E-state index in [9.17, 15) is 5.11 Å². The highest BCUT2D eigenvalue weighted by Gasteiger charge is 2.42. The zero-order valence-corrected chi connectivity index (χ0v) is 11.7. The monoisotopic (exact) mass is 288 g/mol. The van der Waals surface area contributed by atoms with Crippen LogP contribution < -0.4 is 0 Å². The Morgan fingerprint density at radius 3 is 3.11 bits per heavy atom. The van der Waals surface area contributed by atoms with Gasteiger partial charge in [0.15, 0.2) is 5.22 Å². The van der Waals surface area contributed by atoms with Crippen LogP contribution in [0.15, 0.2) is 16.7 Å². The van der Waals surface area contributed by atoms with Crippen LogP contribution in [0.25, 0.3) is 0 Å². The Hall–Kier alpha value is -0.160.